The molecule has 0 fully saturated rings. The van der Waals surface area contributed by atoms with Crippen LogP contribution in [0.15, 0.2) is 6.33 Å². The van der Waals surface area contributed by atoms with Gasteiger partial charge in [-0.05, 0) is 0 Å². The predicted octanol–water partition coefficient (Wildman–Crippen LogP) is -1.49. The van der Waals surface area contributed by atoms with Crippen LogP contribution in [0, 0.1) is 0 Å². The zero-order valence-corrected chi connectivity index (χ0v) is 9.09. The predicted molar refractivity (Wildman–Crippen MR) is 51.9 cm³/mol. The third kappa shape index (κ3) is 2.04. The molecule has 8 nitrogen and oxygen atoms in total. The Labute approximate surface area is 91.6 Å². The van der Waals surface area contributed by atoms with Crippen LogP contribution in [0.25, 0.3) is 0 Å². The van der Waals surface area contributed by atoms with Crippen LogP contribution >= 0.6 is 0 Å². The van der Waals surface area contributed by atoms with E-state index in [4.69, 9.17) is 5.11 Å². The van der Waals surface area contributed by atoms with Crippen molar-refractivity contribution >= 4 is 16.0 Å². The standard InChI is InChI=1S/C7H10N4O4S/c12-7(13)4-16(14,15)11-2-1-10-5-8-9-6(10)3-11/h5H,1-4H2,(H,12,13). The molecule has 0 aliphatic carbocycles. The Morgan fingerprint density at radius 1 is 1.50 bits per heavy atom. The first-order valence-electron chi connectivity index (χ1n) is 4.55. The first-order valence-corrected chi connectivity index (χ1v) is 6.16. The van der Waals surface area contributed by atoms with Crippen LogP contribution in [-0.4, -0.2) is 50.9 Å². The fourth-order valence-corrected chi connectivity index (χ4v) is 2.70. The van der Waals surface area contributed by atoms with Crippen LogP contribution in [0.5, 0.6) is 0 Å². The number of rotatable bonds is 3. The summed E-state index contributed by atoms with van der Waals surface area (Å²) in [6, 6.07) is 0. The molecule has 0 spiro atoms. The van der Waals surface area contributed by atoms with E-state index < -0.39 is 21.7 Å². The van der Waals surface area contributed by atoms with Crippen LogP contribution in [-0.2, 0) is 27.9 Å². The van der Waals surface area contributed by atoms with Crippen LogP contribution < -0.4 is 0 Å². The number of aliphatic carboxylic acids is 1. The molecule has 2 heterocycles. The molecule has 16 heavy (non-hydrogen) atoms. The van der Waals surface area contributed by atoms with Crippen LogP contribution in [0.2, 0.25) is 0 Å². The van der Waals surface area contributed by atoms with Crippen molar-refractivity contribution < 1.29 is 18.3 Å². The van der Waals surface area contributed by atoms with Gasteiger partial charge in [0.25, 0.3) is 0 Å². The highest BCUT2D eigenvalue weighted by atomic mass is 32.2. The van der Waals surface area contributed by atoms with Gasteiger partial charge in [-0.25, -0.2) is 8.42 Å². The molecule has 0 unspecified atom stereocenters. The van der Waals surface area contributed by atoms with Crippen molar-refractivity contribution in [3.05, 3.63) is 12.2 Å². The Hall–Kier alpha value is -1.48. The van der Waals surface area contributed by atoms with Gasteiger partial charge in [-0.1, -0.05) is 0 Å². The average Bonchev–Trinajstić information content (AvgIpc) is 2.61. The number of hydrogen-bond donors (Lipinski definition) is 1. The smallest absolute Gasteiger partial charge is 0.320 e. The maximum Gasteiger partial charge on any atom is 0.320 e. The third-order valence-electron chi connectivity index (χ3n) is 2.30. The van der Waals surface area contributed by atoms with Crippen LogP contribution in [0.3, 0.4) is 0 Å². The Morgan fingerprint density at radius 3 is 2.94 bits per heavy atom. The molecule has 1 aromatic heterocycles. The number of nitrogens with zero attached hydrogens (tertiary/aromatic N) is 4. The van der Waals surface area contributed by atoms with Crippen molar-refractivity contribution in [2.75, 3.05) is 12.3 Å². The molecule has 0 radical (unpaired) electrons. The van der Waals surface area contributed by atoms with Crippen LogP contribution in [0.4, 0.5) is 0 Å². The van der Waals surface area contributed by atoms with E-state index >= 15 is 0 Å². The first kappa shape index (κ1) is 11.0. The lowest BCUT2D eigenvalue weighted by atomic mass is 10.4. The van der Waals surface area contributed by atoms with E-state index in [-0.39, 0.29) is 13.1 Å². The molecule has 0 atom stereocenters. The summed E-state index contributed by atoms with van der Waals surface area (Å²) < 4.78 is 26.1. The second-order valence-electron chi connectivity index (χ2n) is 3.42. The molecule has 0 aromatic carbocycles. The second-order valence-corrected chi connectivity index (χ2v) is 5.39. The fraction of sp³-hybridized carbons (Fsp3) is 0.571. The van der Waals surface area contributed by atoms with E-state index in [9.17, 15) is 13.2 Å². The largest absolute Gasteiger partial charge is 0.480 e. The summed E-state index contributed by atoms with van der Waals surface area (Å²) in [6.07, 6.45) is 1.52. The van der Waals surface area contributed by atoms with E-state index in [0.29, 0.717) is 12.4 Å². The Bertz CT molecular complexity index is 508. The van der Waals surface area contributed by atoms with Gasteiger partial charge < -0.3 is 9.67 Å². The molecule has 0 bridgehead atoms. The molecule has 88 valence electrons. The monoisotopic (exact) mass is 246 g/mol. The Balaban J connectivity index is 2.17. The lowest BCUT2D eigenvalue weighted by Crippen LogP contribution is -2.40. The van der Waals surface area contributed by atoms with Gasteiger partial charge in [0.15, 0.2) is 5.75 Å². The summed E-state index contributed by atoms with van der Waals surface area (Å²) >= 11 is 0. The maximum absolute atomic E-state index is 11.6. The van der Waals surface area contributed by atoms with Gasteiger partial charge >= 0.3 is 5.97 Å². The number of carbonyl (C=O) groups is 1. The molecule has 1 N–H and O–H groups in total. The maximum atomic E-state index is 11.6. The summed E-state index contributed by atoms with van der Waals surface area (Å²) in [7, 11) is -3.75. The van der Waals surface area contributed by atoms with E-state index in [1.165, 1.54) is 6.33 Å². The minimum absolute atomic E-state index is 0.0790. The molecule has 9 heteroatoms. The Kier molecular flexibility index (Phi) is 2.64. The molecule has 2 rings (SSSR count). The van der Waals surface area contributed by atoms with Gasteiger partial charge in [-0.15, -0.1) is 10.2 Å². The molecular formula is C7H10N4O4S. The van der Waals surface area contributed by atoms with E-state index in [2.05, 4.69) is 10.2 Å². The van der Waals surface area contributed by atoms with Crippen molar-refractivity contribution in [2.45, 2.75) is 13.1 Å². The highest BCUT2D eigenvalue weighted by molar-refractivity contribution is 7.89. The molecule has 0 amide bonds. The van der Waals surface area contributed by atoms with Gasteiger partial charge in [-0.2, -0.15) is 4.31 Å². The molecule has 0 saturated carbocycles. The van der Waals surface area contributed by atoms with E-state index in [1.54, 1.807) is 4.57 Å². The summed E-state index contributed by atoms with van der Waals surface area (Å²) in [5.74, 6) is -1.71. The van der Waals surface area contributed by atoms with E-state index in [0.717, 1.165) is 4.31 Å². The van der Waals surface area contributed by atoms with Crippen molar-refractivity contribution in [3.8, 4) is 0 Å². The number of carboxylic acid groups (broad SMARTS) is 1. The Morgan fingerprint density at radius 2 is 2.25 bits per heavy atom. The van der Waals surface area contributed by atoms with Gasteiger partial charge in [0, 0.05) is 13.1 Å². The normalized spacial score (nSPS) is 17.0. The minimum Gasteiger partial charge on any atom is -0.480 e. The number of sulfonamides is 1. The molecular weight excluding hydrogens is 236 g/mol. The van der Waals surface area contributed by atoms with E-state index in [1.807, 2.05) is 0 Å². The number of hydrogen-bond acceptors (Lipinski definition) is 5. The summed E-state index contributed by atoms with van der Waals surface area (Å²) in [5.41, 5.74) is 0. The molecule has 1 aliphatic rings. The molecule has 1 aliphatic heterocycles. The zero-order valence-electron chi connectivity index (χ0n) is 8.27. The summed E-state index contributed by atoms with van der Waals surface area (Å²) in [6.45, 7) is 0.775. The highest BCUT2D eigenvalue weighted by Gasteiger charge is 2.29. The van der Waals surface area contributed by atoms with Gasteiger partial charge in [0.05, 0.1) is 6.54 Å². The lowest BCUT2D eigenvalue weighted by Gasteiger charge is -2.25. The summed E-state index contributed by atoms with van der Waals surface area (Å²) in [5, 5.41) is 15.9. The fourth-order valence-electron chi connectivity index (χ4n) is 1.53. The van der Waals surface area contributed by atoms with Gasteiger partial charge in [0.1, 0.15) is 12.2 Å². The quantitative estimate of drug-likeness (QED) is 0.696. The topological polar surface area (TPSA) is 105 Å². The first-order chi connectivity index (χ1) is 7.49. The van der Waals surface area contributed by atoms with Crippen molar-refractivity contribution in [3.63, 3.8) is 0 Å². The number of aromatic nitrogens is 3. The third-order valence-corrected chi connectivity index (χ3v) is 4.01. The average molecular weight is 246 g/mol. The summed E-state index contributed by atoms with van der Waals surface area (Å²) in [4.78, 5) is 10.4. The SMILES string of the molecule is O=C(O)CS(=O)(=O)N1CCn2cnnc2C1. The van der Waals surface area contributed by atoms with Crippen LogP contribution in [0.1, 0.15) is 5.82 Å². The molecule has 0 saturated heterocycles. The highest BCUT2D eigenvalue weighted by Crippen LogP contribution is 2.13. The number of fused-ring (bicyclic) bond motifs is 1. The molecule has 1 aromatic rings. The number of carboxylic acids is 1. The van der Waals surface area contributed by atoms with Crippen molar-refractivity contribution in [1.29, 1.82) is 0 Å². The van der Waals surface area contributed by atoms with Gasteiger partial charge in [-0.3, -0.25) is 4.79 Å². The zero-order chi connectivity index (χ0) is 11.8. The minimum atomic E-state index is -3.75. The van der Waals surface area contributed by atoms with Gasteiger partial charge in [0.2, 0.25) is 10.0 Å². The lowest BCUT2D eigenvalue weighted by molar-refractivity contribution is -0.134. The second kappa shape index (κ2) is 3.83. The van der Waals surface area contributed by atoms with Crippen molar-refractivity contribution in [2.24, 2.45) is 0 Å². The van der Waals surface area contributed by atoms with Crippen molar-refractivity contribution in [1.82, 2.24) is 19.1 Å².